The Labute approximate surface area is 118 Å². The van der Waals surface area contributed by atoms with Gasteiger partial charge in [0.25, 0.3) is 0 Å². The van der Waals surface area contributed by atoms with Crippen LogP contribution in [-0.2, 0) is 0 Å². The van der Waals surface area contributed by atoms with Crippen molar-refractivity contribution in [1.82, 2.24) is 0 Å². The summed E-state index contributed by atoms with van der Waals surface area (Å²) in [6, 6.07) is 11.5. The van der Waals surface area contributed by atoms with Crippen LogP contribution in [0.25, 0.3) is 22.1 Å². The maximum Gasteiger partial charge on any atom is 0.344 e. The highest BCUT2D eigenvalue weighted by Crippen LogP contribution is 2.26. The summed E-state index contributed by atoms with van der Waals surface area (Å²) in [5.74, 6) is -0.585. The van der Waals surface area contributed by atoms with E-state index in [1.807, 2.05) is 0 Å². The van der Waals surface area contributed by atoms with E-state index in [0.717, 1.165) is 6.07 Å². The number of hydrogen-bond donors (Lipinski definition) is 1. The van der Waals surface area contributed by atoms with Crippen molar-refractivity contribution in [3.8, 4) is 22.9 Å². The topological polar surface area (TPSA) is 74.2 Å². The average molecular weight is 281 g/mol. The maximum absolute atomic E-state index is 13.5. The third kappa shape index (κ3) is 2.23. The lowest BCUT2D eigenvalue weighted by Gasteiger charge is -2.04. The Kier molecular flexibility index (Phi) is 2.92. The van der Waals surface area contributed by atoms with Crippen LogP contribution >= 0.6 is 0 Å². The number of nitriles is 1. The van der Waals surface area contributed by atoms with Gasteiger partial charge in [-0.25, -0.2) is 9.18 Å². The molecule has 2 aromatic carbocycles. The summed E-state index contributed by atoms with van der Waals surface area (Å²) in [6.07, 6.45) is 0. The molecule has 0 spiro atoms. The SMILES string of the molecule is N#Cc1cc(F)cc2cc(-c3cccc(O)c3)c(=O)oc12. The quantitative estimate of drug-likeness (QED) is 0.695. The summed E-state index contributed by atoms with van der Waals surface area (Å²) in [6.45, 7) is 0. The van der Waals surface area contributed by atoms with Gasteiger partial charge in [-0.05, 0) is 35.9 Å². The van der Waals surface area contributed by atoms with Crippen molar-refractivity contribution >= 4 is 11.0 Å². The predicted molar refractivity (Wildman–Crippen MR) is 74.3 cm³/mol. The third-order valence-electron chi connectivity index (χ3n) is 3.07. The standard InChI is InChI=1S/C16H8FNO3/c17-12-4-10-7-14(9-2-1-3-13(19)6-9)16(20)21-15(10)11(5-12)8-18/h1-7,19H. The predicted octanol–water partition coefficient (Wildman–Crippen LogP) is 3.18. The second kappa shape index (κ2) is 4.76. The molecule has 1 aromatic heterocycles. The van der Waals surface area contributed by atoms with Gasteiger partial charge in [-0.2, -0.15) is 5.26 Å². The van der Waals surface area contributed by atoms with Gasteiger partial charge in [-0.3, -0.25) is 0 Å². The number of phenols is 1. The van der Waals surface area contributed by atoms with E-state index in [-0.39, 0.29) is 22.5 Å². The number of aromatic hydroxyl groups is 1. The van der Waals surface area contributed by atoms with E-state index < -0.39 is 11.4 Å². The van der Waals surface area contributed by atoms with Crippen molar-refractivity contribution in [2.45, 2.75) is 0 Å². The van der Waals surface area contributed by atoms with E-state index in [0.29, 0.717) is 10.9 Å². The van der Waals surface area contributed by atoms with Gasteiger partial charge in [0.05, 0.1) is 11.1 Å². The molecule has 0 aliphatic heterocycles. The molecule has 0 amide bonds. The first kappa shape index (κ1) is 12.9. The fourth-order valence-corrected chi connectivity index (χ4v) is 2.16. The van der Waals surface area contributed by atoms with Crippen LogP contribution in [0.1, 0.15) is 5.56 Å². The molecule has 5 heteroatoms. The molecule has 0 radical (unpaired) electrons. The molecule has 4 nitrogen and oxygen atoms in total. The Morgan fingerprint density at radius 2 is 2.00 bits per heavy atom. The van der Waals surface area contributed by atoms with E-state index in [2.05, 4.69) is 0 Å². The number of rotatable bonds is 1. The Morgan fingerprint density at radius 1 is 1.19 bits per heavy atom. The van der Waals surface area contributed by atoms with E-state index in [1.165, 1.54) is 24.3 Å². The zero-order chi connectivity index (χ0) is 15.0. The largest absolute Gasteiger partial charge is 0.508 e. The molecular weight excluding hydrogens is 273 g/mol. The van der Waals surface area contributed by atoms with Gasteiger partial charge in [0, 0.05) is 5.39 Å². The molecule has 0 aliphatic carbocycles. The smallest absolute Gasteiger partial charge is 0.344 e. The highest BCUT2D eigenvalue weighted by Gasteiger charge is 2.12. The van der Waals surface area contributed by atoms with Crippen LogP contribution in [0.5, 0.6) is 5.75 Å². The summed E-state index contributed by atoms with van der Waals surface area (Å²) in [4.78, 5) is 12.0. The van der Waals surface area contributed by atoms with E-state index in [4.69, 9.17) is 9.68 Å². The van der Waals surface area contributed by atoms with Crippen LogP contribution in [0.3, 0.4) is 0 Å². The molecule has 0 saturated heterocycles. The Hall–Kier alpha value is -3.13. The Balaban J connectivity index is 2.34. The Morgan fingerprint density at radius 3 is 2.71 bits per heavy atom. The lowest BCUT2D eigenvalue weighted by Crippen LogP contribution is -2.03. The number of nitrogens with zero attached hydrogens (tertiary/aromatic N) is 1. The van der Waals surface area contributed by atoms with Crippen molar-refractivity contribution in [2.24, 2.45) is 0 Å². The summed E-state index contributed by atoms with van der Waals surface area (Å²) < 4.78 is 18.6. The average Bonchev–Trinajstić information content (AvgIpc) is 2.46. The van der Waals surface area contributed by atoms with Crippen molar-refractivity contribution < 1.29 is 13.9 Å². The summed E-state index contributed by atoms with van der Waals surface area (Å²) in [5.41, 5.74) is -0.00474. The minimum Gasteiger partial charge on any atom is -0.508 e. The molecule has 102 valence electrons. The fraction of sp³-hybridized carbons (Fsp3) is 0. The van der Waals surface area contributed by atoms with Crippen LogP contribution in [0.2, 0.25) is 0 Å². The number of fused-ring (bicyclic) bond motifs is 1. The van der Waals surface area contributed by atoms with Gasteiger partial charge in [0.15, 0.2) is 5.58 Å². The molecule has 0 unspecified atom stereocenters. The van der Waals surface area contributed by atoms with Gasteiger partial charge in [0.1, 0.15) is 17.6 Å². The minimum absolute atomic E-state index is 0.00366. The highest BCUT2D eigenvalue weighted by molar-refractivity contribution is 5.86. The van der Waals surface area contributed by atoms with Crippen LogP contribution in [-0.4, -0.2) is 5.11 Å². The van der Waals surface area contributed by atoms with Gasteiger partial charge >= 0.3 is 5.63 Å². The molecular formula is C16H8FNO3. The molecule has 1 N–H and O–H groups in total. The zero-order valence-corrected chi connectivity index (χ0v) is 10.6. The molecule has 0 saturated carbocycles. The number of benzene rings is 2. The first-order chi connectivity index (χ1) is 10.1. The molecule has 3 rings (SSSR count). The molecule has 0 fully saturated rings. The van der Waals surface area contributed by atoms with Gasteiger partial charge in [0.2, 0.25) is 0 Å². The van der Waals surface area contributed by atoms with Crippen LogP contribution in [0, 0.1) is 17.1 Å². The highest BCUT2D eigenvalue weighted by atomic mass is 19.1. The summed E-state index contributed by atoms with van der Waals surface area (Å²) >= 11 is 0. The number of phenolic OH excluding ortho intramolecular Hbond substituents is 1. The van der Waals surface area contributed by atoms with E-state index in [9.17, 15) is 14.3 Å². The maximum atomic E-state index is 13.5. The first-order valence-electron chi connectivity index (χ1n) is 6.05. The zero-order valence-electron chi connectivity index (χ0n) is 10.6. The second-order valence-electron chi connectivity index (χ2n) is 4.48. The molecule has 0 atom stereocenters. The van der Waals surface area contributed by atoms with Crippen molar-refractivity contribution in [3.05, 3.63) is 64.3 Å². The second-order valence-corrected chi connectivity index (χ2v) is 4.48. The summed E-state index contributed by atoms with van der Waals surface area (Å²) in [7, 11) is 0. The molecule has 1 heterocycles. The lowest BCUT2D eigenvalue weighted by molar-refractivity contribution is 0.475. The van der Waals surface area contributed by atoms with Crippen LogP contribution in [0.4, 0.5) is 4.39 Å². The molecule has 0 bridgehead atoms. The molecule has 0 aliphatic rings. The molecule has 3 aromatic rings. The number of halogens is 1. The van der Waals surface area contributed by atoms with Crippen molar-refractivity contribution in [3.63, 3.8) is 0 Å². The monoisotopic (exact) mass is 281 g/mol. The van der Waals surface area contributed by atoms with Gasteiger partial charge in [-0.15, -0.1) is 0 Å². The van der Waals surface area contributed by atoms with Crippen molar-refractivity contribution in [1.29, 1.82) is 5.26 Å². The lowest BCUT2D eigenvalue weighted by atomic mass is 10.0. The third-order valence-corrected chi connectivity index (χ3v) is 3.07. The van der Waals surface area contributed by atoms with Crippen molar-refractivity contribution in [2.75, 3.05) is 0 Å². The normalized spacial score (nSPS) is 10.5. The summed E-state index contributed by atoms with van der Waals surface area (Å²) in [5, 5.41) is 18.7. The fourth-order valence-electron chi connectivity index (χ4n) is 2.16. The van der Waals surface area contributed by atoms with Crippen LogP contribution < -0.4 is 5.63 Å². The van der Waals surface area contributed by atoms with Gasteiger partial charge in [-0.1, -0.05) is 12.1 Å². The first-order valence-corrected chi connectivity index (χ1v) is 6.05. The van der Waals surface area contributed by atoms with E-state index in [1.54, 1.807) is 18.2 Å². The van der Waals surface area contributed by atoms with Gasteiger partial charge < -0.3 is 9.52 Å². The van der Waals surface area contributed by atoms with Crippen LogP contribution in [0.15, 0.2) is 51.7 Å². The number of hydrogen-bond acceptors (Lipinski definition) is 4. The molecule has 21 heavy (non-hydrogen) atoms. The Bertz CT molecular complexity index is 954. The van der Waals surface area contributed by atoms with E-state index >= 15 is 0 Å². The minimum atomic E-state index is -0.656.